The number of hydrogen-bond acceptors (Lipinski definition) is 7. The second-order valence-corrected chi connectivity index (χ2v) is 8.67. The molecule has 182 valence electrons. The molecule has 0 unspecified atom stereocenters. The highest BCUT2D eigenvalue weighted by atomic mass is 32.2. The first-order chi connectivity index (χ1) is 16.9. The highest BCUT2D eigenvalue weighted by Crippen LogP contribution is 2.32. The Morgan fingerprint density at radius 2 is 1.74 bits per heavy atom. The number of amides is 4. The van der Waals surface area contributed by atoms with Crippen molar-refractivity contribution in [2.24, 2.45) is 0 Å². The van der Waals surface area contributed by atoms with E-state index in [1.165, 1.54) is 24.3 Å². The third-order valence-electron chi connectivity index (χ3n) is 5.21. The van der Waals surface area contributed by atoms with E-state index in [-0.39, 0.29) is 24.0 Å². The number of ether oxygens (including phenoxy) is 2. The van der Waals surface area contributed by atoms with Gasteiger partial charge in [-0.1, -0.05) is 12.1 Å². The Morgan fingerprint density at radius 1 is 1.06 bits per heavy atom. The van der Waals surface area contributed by atoms with Gasteiger partial charge in [-0.3, -0.25) is 24.1 Å². The molecule has 0 radical (unpaired) electrons. The fourth-order valence-electron chi connectivity index (χ4n) is 3.38. The van der Waals surface area contributed by atoms with Gasteiger partial charge >= 0.3 is 0 Å². The van der Waals surface area contributed by atoms with Crippen molar-refractivity contribution in [3.63, 3.8) is 0 Å². The number of nitrogens with one attached hydrogen (secondary N) is 1. The molecule has 2 aromatic carbocycles. The summed E-state index contributed by atoms with van der Waals surface area (Å²) in [5, 5.41) is 2.11. The van der Waals surface area contributed by atoms with Crippen LogP contribution in [0.4, 0.5) is 14.9 Å². The summed E-state index contributed by atoms with van der Waals surface area (Å²) in [6.07, 6.45) is 1.56. The molecular weight excluding hydrogens is 477 g/mol. The zero-order valence-corrected chi connectivity index (χ0v) is 19.4. The molecule has 1 N–H and O–H groups in total. The summed E-state index contributed by atoms with van der Waals surface area (Å²) in [6.45, 7) is 1.21. The molecule has 35 heavy (non-hydrogen) atoms. The largest absolute Gasteiger partial charge is 0.484 e. The number of imide groups is 1. The van der Waals surface area contributed by atoms with E-state index in [1.807, 2.05) is 0 Å². The summed E-state index contributed by atoms with van der Waals surface area (Å²) in [6, 6.07) is 12.0. The number of carbonyl (C=O) groups excluding carboxylic acids is 4. The van der Waals surface area contributed by atoms with Gasteiger partial charge in [-0.2, -0.15) is 0 Å². The number of thioether (sulfide) groups is 1. The molecule has 9 nitrogen and oxygen atoms in total. The monoisotopic (exact) mass is 499 g/mol. The van der Waals surface area contributed by atoms with Gasteiger partial charge in [0.25, 0.3) is 17.1 Å². The van der Waals surface area contributed by atoms with Crippen LogP contribution in [-0.2, 0) is 19.1 Å². The fraction of sp³-hybridized carbons (Fsp3) is 0.250. The molecule has 0 aliphatic carbocycles. The van der Waals surface area contributed by atoms with Crippen LogP contribution in [0.15, 0.2) is 53.4 Å². The maximum absolute atomic E-state index is 12.9. The average molecular weight is 500 g/mol. The Bertz CT molecular complexity index is 1150. The SMILES string of the molecule is O=C(COc1ccc(/C=C2/SC(=O)N(CC(=O)N3CCOCC3)C2=O)cc1)Nc1ccc(F)cc1. The predicted octanol–water partition coefficient (Wildman–Crippen LogP) is 2.74. The number of nitrogens with zero attached hydrogens (tertiary/aromatic N) is 2. The molecule has 4 rings (SSSR count). The third-order valence-corrected chi connectivity index (χ3v) is 6.11. The normalized spacial score (nSPS) is 17.1. The number of benzene rings is 2. The summed E-state index contributed by atoms with van der Waals surface area (Å²) >= 11 is 0.781. The minimum absolute atomic E-state index is 0.220. The first kappa shape index (κ1) is 24.4. The van der Waals surface area contributed by atoms with Crippen LogP contribution >= 0.6 is 11.8 Å². The van der Waals surface area contributed by atoms with Gasteiger partial charge in [0.1, 0.15) is 18.1 Å². The number of carbonyl (C=O) groups is 4. The van der Waals surface area contributed by atoms with Crippen molar-refractivity contribution in [2.45, 2.75) is 0 Å². The minimum atomic E-state index is -0.514. The first-order valence-electron chi connectivity index (χ1n) is 10.8. The Kier molecular flexibility index (Phi) is 7.78. The van der Waals surface area contributed by atoms with Crippen LogP contribution in [0.5, 0.6) is 5.75 Å². The van der Waals surface area contributed by atoms with Crippen LogP contribution in [0.1, 0.15) is 5.56 Å². The number of morpholine rings is 1. The van der Waals surface area contributed by atoms with E-state index in [0.29, 0.717) is 43.3 Å². The molecule has 0 atom stereocenters. The Labute approximate surface area is 204 Å². The molecule has 2 saturated heterocycles. The van der Waals surface area contributed by atoms with Crippen LogP contribution in [0.3, 0.4) is 0 Å². The van der Waals surface area contributed by atoms with Gasteiger partial charge in [-0.15, -0.1) is 0 Å². The van der Waals surface area contributed by atoms with Gasteiger partial charge in [0.2, 0.25) is 5.91 Å². The van der Waals surface area contributed by atoms with Gasteiger partial charge in [-0.25, -0.2) is 4.39 Å². The molecule has 2 aliphatic rings. The van der Waals surface area contributed by atoms with Crippen LogP contribution in [-0.4, -0.2) is 72.2 Å². The van der Waals surface area contributed by atoms with Crippen molar-refractivity contribution in [3.05, 3.63) is 64.8 Å². The van der Waals surface area contributed by atoms with E-state index in [0.717, 1.165) is 16.7 Å². The van der Waals surface area contributed by atoms with Crippen LogP contribution < -0.4 is 10.1 Å². The summed E-state index contributed by atoms with van der Waals surface area (Å²) in [5.74, 6) is -1.17. The van der Waals surface area contributed by atoms with E-state index in [9.17, 15) is 23.6 Å². The van der Waals surface area contributed by atoms with Crippen molar-refractivity contribution in [2.75, 3.05) is 44.8 Å². The van der Waals surface area contributed by atoms with Crippen molar-refractivity contribution in [1.29, 1.82) is 0 Å². The fourth-order valence-corrected chi connectivity index (χ4v) is 4.21. The Morgan fingerprint density at radius 3 is 2.43 bits per heavy atom. The van der Waals surface area contributed by atoms with Crippen LogP contribution in [0, 0.1) is 5.82 Å². The lowest BCUT2D eigenvalue weighted by molar-refractivity contribution is -0.139. The quantitative estimate of drug-likeness (QED) is 0.584. The summed E-state index contributed by atoms with van der Waals surface area (Å²) in [4.78, 5) is 52.1. The second-order valence-electron chi connectivity index (χ2n) is 7.67. The number of halogens is 1. The van der Waals surface area contributed by atoms with Gasteiger partial charge in [0.05, 0.1) is 18.1 Å². The predicted molar refractivity (Wildman–Crippen MR) is 127 cm³/mol. The summed E-state index contributed by atoms with van der Waals surface area (Å²) in [5.41, 5.74) is 1.11. The highest BCUT2D eigenvalue weighted by Gasteiger charge is 2.37. The molecule has 4 amide bonds. The Hall–Kier alpha value is -3.70. The molecule has 11 heteroatoms. The number of anilines is 1. The average Bonchev–Trinajstić information content (AvgIpc) is 3.12. The second kappa shape index (κ2) is 11.2. The zero-order valence-electron chi connectivity index (χ0n) is 18.6. The molecule has 2 heterocycles. The van der Waals surface area contributed by atoms with E-state index < -0.39 is 22.9 Å². The molecule has 2 fully saturated rings. The Balaban J connectivity index is 1.30. The van der Waals surface area contributed by atoms with Gasteiger partial charge in [-0.05, 0) is 59.8 Å². The van der Waals surface area contributed by atoms with Crippen LogP contribution in [0.2, 0.25) is 0 Å². The van der Waals surface area contributed by atoms with E-state index in [1.54, 1.807) is 35.2 Å². The van der Waals surface area contributed by atoms with Gasteiger partial charge < -0.3 is 19.7 Å². The highest BCUT2D eigenvalue weighted by molar-refractivity contribution is 8.18. The topological polar surface area (TPSA) is 105 Å². The number of hydrogen-bond donors (Lipinski definition) is 1. The van der Waals surface area contributed by atoms with E-state index in [4.69, 9.17) is 9.47 Å². The lowest BCUT2D eigenvalue weighted by atomic mass is 10.2. The number of rotatable bonds is 7. The van der Waals surface area contributed by atoms with E-state index in [2.05, 4.69) is 5.32 Å². The molecule has 0 bridgehead atoms. The maximum atomic E-state index is 12.9. The zero-order chi connectivity index (χ0) is 24.8. The molecule has 0 spiro atoms. The molecule has 2 aliphatic heterocycles. The van der Waals surface area contributed by atoms with Gasteiger partial charge in [0.15, 0.2) is 6.61 Å². The van der Waals surface area contributed by atoms with Crippen LogP contribution in [0.25, 0.3) is 6.08 Å². The minimum Gasteiger partial charge on any atom is -0.484 e. The van der Waals surface area contributed by atoms with Crippen molar-refractivity contribution in [1.82, 2.24) is 9.80 Å². The molecule has 0 aromatic heterocycles. The summed E-state index contributed by atoms with van der Waals surface area (Å²) < 4.78 is 23.6. The molecule has 0 saturated carbocycles. The molecule has 2 aromatic rings. The molecular formula is C24H22FN3O6S. The third kappa shape index (κ3) is 6.46. The van der Waals surface area contributed by atoms with E-state index >= 15 is 0 Å². The van der Waals surface area contributed by atoms with Gasteiger partial charge in [0, 0.05) is 18.8 Å². The smallest absolute Gasteiger partial charge is 0.294 e. The lowest BCUT2D eigenvalue weighted by Crippen LogP contribution is -2.46. The standard InChI is InChI=1S/C24H22FN3O6S/c25-17-3-5-18(6-4-17)26-21(29)15-34-19-7-1-16(2-8-19)13-20-23(31)28(24(32)35-20)14-22(30)27-9-11-33-12-10-27/h1-8,13H,9-12,14-15H2,(H,26,29)/b20-13+. The van der Waals surface area contributed by atoms with Crippen molar-refractivity contribution in [3.8, 4) is 5.75 Å². The summed E-state index contributed by atoms with van der Waals surface area (Å²) in [7, 11) is 0. The van der Waals surface area contributed by atoms with Crippen molar-refractivity contribution >= 4 is 46.5 Å². The maximum Gasteiger partial charge on any atom is 0.294 e. The van der Waals surface area contributed by atoms with Crippen molar-refractivity contribution < 1.29 is 33.0 Å². The first-order valence-corrected chi connectivity index (χ1v) is 11.6. The lowest BCUT2D eigenvalue weighted by Gasteiger charge is -2.28.